The summed E-state index contributed by atoms with van der Waals surface area (Å²) in [5, 5.41) is 0. The van der Waals surface area contributed by atoms with Crippen LogP contribution in [0.1, 0.15) is 40.7 Å². The third-order valence-electron chi connectivity index (χ3n) is 5.54. The van der Waals surface area contributed by atoms with Crippen molar-refractivity contribution in [3.8, 4) is 0 Å². The summed E-state index contributed by atoms with van der Waals surface area (Å²) in [4.78, 5) is 15.2. The van der Waals surface area contributed by atoms with Crippen LogP contribution in [0.2, 0.25) is 0 Å². The molecule has 0 aromatic heterocycles. The lowest BCUT2D eigenvalue weighted by Gasteiger charge is -2.29. The van der Waals surface area contributed by atoms with Gasteiger partial charge in [0.25, 0.3) is 5.91 Å². The Hall–Kier alpha value is -2.13. The minimum Gasteiger partial charge on any atom is -0.376 e. The van der Waals surface area contributed by atoms with Crippen molar-refractivity contribution in [2.24, 2.45) is 5.92 Å². The minimum absolute atomic E-state index is 0.115. The lowest BCUT2D eigenvalue weighted by atomic mass is 10.0. The molecular weight excluding hydrogens is 322 g/mol. The third kappa shape index (κ3) is 3.99. The van der Waals surface area contributed by atoms with E-state index < -0.39 is 0 Å². The molecule has 3 nitrogen and oxygen atoms in total. The van der Waals surface area contributed by atoms with Gasteiger partial charge in [-0.15, -0.1) is 0 Å². The summed E-state index contributed by atoms with van der Waals surface area (Å²) >= 11 is 0. The number of rotatable bonds is 6. The van der Waals surface area contributed by atoms with E-state index in [0.29, 0.717) is 0 Å². The van der Waals surface area contributed by atoms with Crippen molar-refractivity contribution in [3.05, 3.63) is 71.3 Å². The predicted molar refractivity (Wildman–Crippen MR) is 103 cm³/mol. The van der Waals surface area contributed by atoms with Gasteiger partial charge in [-0.25, -0.2) is 0 Å². The van der Waals surface area contributed by atoms with E-state index in [9.17, 15) is 4.79 Å². The van der Waals surface area contributed by atoms with Crippen molar-refractivity contribution < 1.29 is 9.53 Å². The molecule has 0 unspecified atom stereocenters. The Bertz CT molecular complexity index is 754. The van der Waals surface area contributed by atoms with E-state index in [0.717, 1.165) is 43.0 Å². The van der Waals surface area contributed by atoms with Crippen LogP contribution in [0.3, 0.4) is 0 Å². The lowest BCUT2D eigenvalue weighted by molar-refractivity contribution is 0.0200. The highest BCUT2D eigenvalue weighted by Crippen LogP contribution is 2.32. The molecule has 1 amide bonds. The normalized spacial score (nSPS) is 22.6. The number of hydrogen-bond donors (Lipinski definition) is 0. The highest BCUT2D eigenvalue weighted by atomic mass is 16.5. The maximum Gasteiger partial charge on any atom is 0.254 e. The van der Waals surface area contributed by atoms with Crippen LogP contribution in [0.15, 0.2) is 54.6 Å². The van der Waals surface area contributed by atoms with E-state index in [-0.39, 0.29) is 18.1 Å². The molecule has 0 radical (unpaired) electrons. The molecule has 0 bridgehead atoms. The number of hydrogen-bond acceptors (Lipinski definition) is 2. The topological polar surface area (TPSA) is 29.5 Å². The Morgan fingerprint density at radius 2 is 1.88 bits per heavy atom. The standard InChI is InChI=1S/C23H27NO2/c1-17-6-5-9-20(14-17)23(25)24-13-12-22(26-16-19-10-11-19)21(24)15-18-7-3-2-4-8-18/h2-9,14,19,21-22H,10-13,15-16H2,1H3/t21-,22+/m0/s1. The van der Waals surface area contributed by atoms with Crippen molar-refractivity contribution >= 4 is 5.91 Å². The van der Waals surface area contributed by atoms with Gasteiger partial charge in [0.15, 0.2) is 0 Å². The lowest BCUT2D eigenvalue weighted by Crippen LogP contribution is -2.42. The average Bonchev–Trinajstić information content (AvgIpc) is 3.41. The monoisotopic (exact) mass is 349 g/mol. The summed E-state index contributed by atoms with van der Waals surface area (Å²) in [5.41, 5.74) is 3.17. The van der Waals surface area contributed by atoms with Crippen LogP contribution >= 0.6 is 0 Å². The molecule has 0 N–H and O–H groups in total. The molecule has 1 heterocycles. The Labute approximate surface area is 156 Å². The van der Waals surface area contributed by atoms with Crippen LogP contribution in [0.4, 0.5) is 0 Å². The molecule has 1 aliphatic carbocycles. The molecule has 26 heavy (non-hydrogen) atoms. The van der Waals surface area contributed by atoms with Gasteiger partial charge >= 0.3 is 0 Å². The van der Waals surface area contributed by atoms with Gasteiger partial charge in [-0.3, -0.25) is 4.79 Å². The van der Waals surface area contributed by atoms with Gasteiger partial charge in [0.05, 0.1) is 12.1 Å². The summed E-state index contributed by atoms with van der Waals surface area (Å²) in [6.07, 6.45) is 4.52. The average molecular weight is 349 g/mol. The SMILES string of the molecule is Cc1cccc(C(=O)N2CC[C@@H](OCC3CC3)[C@@H]2Cc2ccccc2)c1. The van der Waals surface area contributed by atoms with E-state index in [1.807, 2.05) is 42.2 Å². The number of carbonyl (C=O) groups is 1. The maximum absolute atomic E-state index is 13.2. The predicted octanol–water partition coefficient (Wildman–Crippen LogP) is 4.25. The van der Waals surface area contributed by atoms with Crippen LogP contribution in [0.25, 0.3) is 0 Å². The van der Waals surface area contributed by atoms with Gasteiger partial charge in [0.2, 0.25) is 0 Å². The Balaban J connectivity index is 1.53. The quantitative estimate of drug-likeness (QED) is 0.780. The molecule has 2 aromatic carbocycles. The number of likely N-dealkylation sites (tertiary alicyclic amines) is 1. The van der Waals surface area contributed by atoms with Crippen molar-refractivity contribution in [1.29, 1.82) is 0 Å². The Morgan fingerprint density at radius 3 is 2.62 bits per heavy atom. The highest BCUT2D eigenvalue weighted by Gasteiger charge is 2.39. The fourth-order valence-corrected chi connectivity index (χ4v) is 3.86. The van der Waals surface area contributed by atoms with E-state index in [1.54, 1.807) is 0 Å². The number of carbonyl (C=O) groups excluding carboxylic acids is 1. The van der Waals surface area contributed by atoms with Gasteiger partial charge in [-0.1, -0.05) is 48.0 Å². The molecule has 136 valence electrons. The van der Waals surface area contributed by atoms with Crippen LogP contribution in [-0.2, 0) is 11.2 Å². The number of nitrogens with zero attached hydrogens (tertiary/aromatic N) is 1. The zero-order valence-electron chi connectivity index (χ0n) is 15.4. The Kier molecular flexibility index (Phi) is 5.07. The molecule has 3 heteroatoms. The van der Waals surface area contributed by atoms with Crippen molar-refractivity contribution in [1.82, 2.24) is 4.90 Å². The largest absolute Gasteiger partial charge is 0.376 e. The van der Waals surface area contributed by atoms with E-state index >= 15 is 0 Å². The van der Waals surface area contributed by atoms with E-state index in [2.05, 4.69) is 24.3 Å². The molecule has 1 aliphatic heterocycles. The number of amides is 1. The first-order valence-corrected chi connectivity index (χ1v) is 9.74. The number of benzene rings is 2. The number of ether oxygens (including phenoxy) is 1. The van der Waals surface area contributed by atoms with E-state index in [1.165, 1.54) is 18.4 Å². The molecule has 1 saturated carbocycles. The Morgan fingerprint density at radius 1 is 1.08 bits per heavy atom. The van der Waals surface area contributed by atoms with Crippen molar-refractivity contribution in [2.45, 2.75) is 44.8 Å². The summed E-state index contributed by atoms with van der Waals surface area (Å²) in [5.74, 6) is 0.876. The first-order valence-electron chi connectivity index (χ1n) is 9.74. The van der Waals surface area contributed by atoms with Gasteiger partial charge in [0, 0.05) is 18.7 Å². The first kappa shape index (κ1) is 17.3. The first-order chi connectivity index (χ1) is 12.7. The van der Waals surface area contributed by atoms with Gasteiger partial charge in [0.1, 0.15) is 0 Å². The van der Waals surface area contributed by atoms with Crippen LogP contribution in [-0.4, -0.2) is 36.1 Å². The molecule has 1 saturated heterocycles. The fourth-order valence-electron chi connectivity index (χ4n) is 3.86. The molecule has 2 fully saturated rings. The van der Waals surface area contributed by atoms with E-state index in [4.69, 9.17) is 4.74 Å². The van der Waals surface area contributed by atoms with Crippen molar-refractivity contribution in [3.63, 3.8) is 0 Å². The van der Waals surface area contributed by atoms with Crippen LogP contribution in [0, 0.1) is 12.8 Å². The molecule has 2 atom stereocenters. The zero-order chi connectivity index (χ0) is 17.9. The van der Waals surface area contributed by atoms with Crippen LogP contribution in [0.5, 0.6) is 0 Å². The van der Waals surface area contributed by atoms with Crippen molar-refractivity contribution in [2.75, 3.05) is 13.2 Å². The molecular formula is C23H27NO2. The molecule has 2 aromatic rings. The molecule has 0 spiro atoms. The fraction of sp³-hybridized carbons (Fsp3) is 0.435. The number of aryl methyl sites for hydroxylation is 1. The maximum atomic E-state index is 13.2. The van der Waals surface area contributed by atoms with Gasteiger partial charge in [-0.2, -0.15) is 0 Å². The second kappa shape index (κ2) is 7.63. The summed E-state index contributed by atoms with van der Waals surface area (Å²) < 4.78 is 6.26. The second-order valence-electron chi connectivity index (χ2n) is 7.73. The van der Waals surface area contributed by atoms with Crippen LogP contribution < -0.4 is 0 Å². The summed E-state index contributed by atoms with van der Waals surface area (Å²) in [6.45, 7) is 3.66. The highest BCUT2D eigenvalue weighted by molar-refractivity contribution is 5.94. The minimum atomic E-state index is 0.115. The smallest absolute Gasteiger partial charge is 0.254 e. The third-order valence-corrected chi connectivity index (χ3v) is 5.54. The second-order valence-corrected chi connectivity index (χ2v) is 7.73. The summed E-state index contributed by atoms with van der Waals surface area (Å²) in [7, 11) is 0. The molecule has 4 rings (SSSR count). The van der Waals surface area contributed by atoms with Gasteiger partial charge < -0.3 is 9.64 Å². The van der Waals surface area contributed by atoms with Gasteiger partial charge in [-0.05, 0) is 56.2 Å². The zero-order valence-corrected chi connectivity index (χ0v) is 15.4. The molecule has 2 aliphatic rings. The summed E-state index contributed by atoms with van der Waals surface area (Å²) in [6, 6.07) is 18.5.